The summed E-state index contributed by atoms with van der Waals surface area (Å²) in [7, 11) is 0. The lowest BCUT2D eigenvalue weighted by Gasteiger charge is -2.26. The summed E-state index contributed by atoms with van der Waals surface area (Å²) in [6, 6.07) is 24.5. The van der Waals surface area contributed by atoms with Crippen molar-refractivity contribution < 1.29 is 24.5 Å². The van der Waals surface area contributed by atoms with Gasteiger partial charge in [0.1, 0.15) is 0 Å². The largest absolute Gasteiger partial charge is 0.388 e. The van der Waals surface area contributed by atoms with Crippen LogP contribution in [-0.2, 0) is 19.9 Å². The van der Waals surface area contributed by atoms with E-state index in [2.05, 4.69) is 0 Å². The molecule has 0 heterocycles. The van der Waals surface area contributed by atoms with Gasteiger partial charge in [-0.2, -0.15) is 0 Å². The molecule has 0 saturated carbocycles. The van der Waals surface area contributed by atoms with Gasteiger partial charge in [-0.1, -0.05) is 91.0 Å². The molecule has 3 aromatic rings. The molecule has 0 aromatic heterocycles. The summed E-state index contributed by atoms with van der Waals surface area (Å²) in [5.74, 6) is -2.34. The Hall–Kier alpha value is -3.28. The molecule has 0 saturated heterocycles. The van der Waals surface area contributed by atoms with E-state index >= 15 is 0 Å². The quantitative estimate of drug-likeness (QED) is 0.539. The zero-order valence-electron chi connectivity index (χ0n) is 14.4. The Morgan fingerprint density at radius 1 is 0.741 bits per heavy atom. The zero-order valence-corrected chi connectivity index (χ0v) is 14.4. The molecule has 0 aliphatic carbocycles. The Kier molecular flexibility index (Phi) is 5.45. The standard InChI is InChI=1S/C22H18O5/c23-19(16-10-4-1-5-11-16)20(24)27-21(25)22(26,17-12-6-2-7-13-17)18-14-8-3-9-15-18/h1-15,19,23,26H/t19-/m1/s1. The minimum atomic E-state index is -2.19. The van der Waals surface area contributed by atoms with Crippen LogP contribution in [0.15, 0.2) is 91.0 Å². The van der Waals surface area contributed by atoms with Crippen molar-refractivity contribution in [1.82, 2.24) is 0 Å². The number of ether oxygens (including phenoxy) is 1. The fourth-order valence-corrected chi connectivity index (χ4v) is 2.75. The second-order valence-corrected chi connectivity index (χ2v) is 5.96. The molecule has 0 fully saturated rings. The van der Waals surface area contributed by atoms with E-state index in [0.29, 0.717) is 5.56 Å². The highest BCUT2D eigenvalue weighted by Gasteiger charge is 2.43. The highest BCUT2D eigenvalue weighted by atomic mass is 16.6. The monoisotopic (exact) mass is 362 g/mol. The first-order chi connectivity index (χ1) is 13.0. The lowest BCUT2D eigenvalue weighted by molar-refractivity contribution is -0.177. The maximum atomic E-state index is 12.8. The van der Waals surface area contributed by atoms with Crippen LogP contribution in [0.25, 0.3) is 0 Å². The number of esters is 2. The Bertz CT molecular complexity index is 868. The topological polar surface area (TPSA) is 83.8 Å². The van der Waals surface area contributed by atoms with E-state index in [9.17, 15) is 19.8 Å². The third-order valence-corrected chi connectivity index (χ3v) is 4.21. The van der Waals surface area contributed by atoms with Crippen LogP contribution >= 0.6 is 0 Å². The molecule has 1 atom stereocenters. The van der Waals surface area contributed by atoms with Crippen molar-refractivity contribution in [3.05, 3.63) is 108 Å². The number of aliphatic hydroxyl groups is 2. The first-order valence-electron chi connectivity index (χ1n) is 8.36. The second kappa shape index (κ2) is 7.95. The average molecular weight is 362 g/mol. The van der Waals surface area contributed by atoms with Gasteiger partial charge in [0.05, 0.1) is 0 Å². The third kappa shape index (κ3) is 3.79. The number of carbonyl (C=O) groups excluding carboxylic acids is 2. The number of hydrogen-bond acceptors (Lipinski definition) is 5. The minimum Gasteiger partial charge on any atom is -0.388 e. The third-order valence-electron chi connectivity index (χ3n) is 4.21. The molecule has 0 amide bonds. The number of hydrogen-bond donors (Lipinski definition) is 2. The number of carbonyl (C=O) groups is 2. The maximum absolute atomic E-state index is 12.8. The maximum Gasteiger partial charge on any atom is 0.355 e. The van der Waals surface area contributed by atoms with E-state index in [4.69, 9.17) is 4.74 Å². The molecule has 0 unspecified atom stereocenters. The molecule has 0 bridgehead atoms. The summed E-state index contributed by atoms with van der Waals surface area (Å²) in [6.45, 7) is 0. The van der Waals surface area contributed by atoms with Gasteiger partial charge in [0.15, 0.2) is 6.10 Å². The van der Waals surface area contributed by atoms with Gasteiger partial charge < -0.3 is 14.9 Å². The van der Waals surface area contributed by atoms with Crippen molar-refractivity contribution in [1.29, 1.82) is 0 Å². The minimum absolute atomic E-state index is 0.253. The first-order valence-corrected chi connectivity index (χ1v) is 8.36. The Morgan fingerprint density at radius 2 is 1.15 bits per heavy atom. The predicted octanol–water partition coefficient (Wildman–Crippen LogP) is 2.73. The first kappa shape index (κ1) is 18.5. The van der Waals surface area contributed by atoms with Crippen molar-refractivity contribution >= 4 is 11.9 Å². The molecule has 3 rings (SSSR count). The van der Waals surface area contributed by atoms with Crippen LogP contribution in [0.1, 0.15) is 22.8 Å². The summed E-state index contributed by atoms with van der Waals surface area (Å²) in [4.78, 5) is 25.1. The van der Waals surface area contributed by atoms with E-state index in [0.717, 1.165) is 0 Å². The summed E-state index contributed by atoms with van der Waals surface area (Å²) < 4.78 is 4.86. The summed E-state index contributed by atoms with van der Waals surface area (Å²) in [5, 5.41) is 21.4. The fourth-order valence-electron chi connectivity index (χ4n) is 2.75. The molecular weight excluding hydrogens is 344 g/mol. The van der Waals surface area contributed by atoms with Gasteiger partial charge in [-0.25, -0.2) is 9.59 Å². The lowest BCUT2D eigenvalue weighted by Crippen LogP contribution is -2.40. The van der Waals surface area contributed by atoms with Crippen molar-refractivity contribution in [2.45, 2.75) is 11.7 Å². The average Bonchev–Trinajstić information content (AvgIpc) is 2.74. The molecule has 2 N–H and O–H groups in total. The predicted molar refractivity (Wildman–Crippen MR) is 98.4 cm³/mol. The highest BCUT2D eigenvalue weighted by molar-refractivity contribution is 5.95. The molecule has 0 aliphatic rings. The molecule has 0 radical (unpaired) electrons. The van der Waals surface area contributed by atoms with Crippen LogP contribution in [0.3, 0.4) is 0 Å². The van der Waals surface area contributed by atoms with Crippen LogP contribution < -0.4 is 0 Å². The molecule has 0 spiro atoms. The highest BCUT2D eigenvalue weighted by Crippen LogP contribution is 2.31. The smallest absolute Gasteiger partial charge is 0.355 e. The molecule has 27 heavy (non-hydrogen) atoms. The molecular formula is C22H18O5. The second-order valence-electron chi connectivity index (χ2n) is 5.96. The fraction of sp³-hybridized carbons (Fsp3) is 0.0909. The van der Waals surface area contributed by atoms with Gasteiger partial charge in [0, 0.05) is 0 Å². The van der Waals surface area contributed by atoms with E-state index in [1.165, 1.54) is 12.1 Å². The SMILES string of the molecule is O=C(OC(=O)C(O)(c1ccccc1)c1ccccc1)[C@H](O)c1ccccc1. The zero-order chi connectivity index (χ0) is 19.3. The van der Waals surface area contributed by atoms with Gasteiger partial charge in [-0.3, -0.25) is 0 Å². The summed E-state index contributed by atoms with van der Waals surface area (Å²) >= 11 is 0. The van der Waals surface area contributed by atoms with Gasteiger partial charge >= 0.3 is 11.9 Å². The Balaban J connectivity index is 1.92. The number of benzene rings is 3. The van der Waals surface area contributed by atoms with Crippen molar-refractivity contribution in [2.75, 3.05) is 0 Å². The lowest BCUT2D eigenvalue weighted by atomic mass is 9.86. The van der Waals surface area contributed by atoms with Crippen LogP contribution in [0.4, 0.5) is 0 Å². The van der Waals surface area contributed by atoms with Crippen LogP contribution in [0.5, 0.6) is 0 Å². The molecule has 3 aromatic carbocycles. The van der Waals surface area contributed by atoms with Crippen molar-refractivity contribution in [2.24, 2.45) is 0 Å². The van der Waals surface area contributed by atoms with Crippen molar-refractivity contribution in [3.63, 3.8) is 0 Å². The van der Waals surface area contributed by atoms with E-state index in [1.54, 1.807) is 78.9 Å². The van der Waals surface area contributed by atoms with Crippen molar-refractivity contribution in [3.8, 4) is 0 Å². The van der Waals surface area contributed by atoms with E-state index in [1.807, 2.05) is 0 Å². The van der Waals surface area contributed by atoms with Gasteiger partial charge in [-0.15, -0.1) is 0 Å². The van der Waals surface area contributed by atoms with Crippen LogP contribution in [0.2, 0.25) is 0 Å². The molecule has 5 nitrogen and oxygen atoms in total. The van der Waals surface area contributed by atoms with Gasteiger partial charge in [0.2, 0.25) is 5.60 Å². The van der Waals surface area contributed by atoms with Gasteiger partial charge in [0.25, 0.3) is 0 Å². The number of aliphatic hydroxyl groups excluding tert-OH is 1. The van der Waals surface area contributed by atoms with E-state index < -0.39 is 23.6 Å². The van der Waals surface area contributed by atoms with Crippen LogP contribution in [-0.4, -0.2) is 22.2 Å². The summed E-state index contributed by atoms with van der Waals surface area (Å²) in [5.41, 5.74) is -1.39. The molecule has 0 aliphatic heterocycles. The number of rotatable bonds is 5. The molecule has 5 heteroatoms. The molecule has 136 valence electrons. The van der Waals surface area contributed by atoms with E-state index in [-0.39, 0.29) is 11.1 Å². The Morgan fingerprint density at radius 3 is 1.59 bits per heavy atom. The normalized spacial score (nSPS) is 12.2. The van der Waals surface area contributed by atoms with Crippen LogP contribution in [0, 0.1) is 0 Å². The van der Waals surface area contributed by atoms with Gasteiger partial charge in [-0.05, 0) is 16.7 Å². The Labute approximate surface area is 156 Å². The summed E-state index contributed by atoms with van der Waals surface area (Å²) in [6.07, 6.45) is -1.63.